The number of benzene rings is 15. The van der Waals surface area contributed by atoms with Gasteiger partial charge in [-0.3, -0.25) is 9.97 Å². The average Bonchev–Trinajstić information content (AvgIpc) is 1.14. The molecule has 21 aromatic rings. The lowest BCUT2D eigenvalue weighted by Crippen LogP contribution is -1.97. The number of pyridine rings is 2. The van der Waals surface area contributed by atoms with Crippen LogP contribution in [0.2, 0.25) is 0 Å². The van der Waals surface area contributed by atoms with Crippen LogP contribution >= 0.6 is 0 Å². The number of hydrogen-bond donors (Lipinski definition) is 0. The average molecular weight is 1350 g/mol. The number of furan rings is 2. The van der Waals surface area contributed by atoms with Gasteiger partial charge in [-0.25, -0.2) is 19.9 Å². The van der Waals surface area contributed by atoms with Gasteiger partial charge in [0.15, 0.2) is 11.6 Å². The minimum atomic E-state index is 0.655. The molecule has 494 valence electrons. The van der Waals surface area contributed by atoms with E-state index in [2.05, 4.69) is 313 Å². The highest BCUT2D eigenvalue weighted by Crippen LogP contribution is 2.43. The summed E-state index contributed by atoms with van der Waals surface area (Å²) < 4.78 is 12.8. The van der Waals surface area contributed by atoms with Crippen molar-refractivity contribution in [3.63, 3.8) is 0 Å². The maximum Gasteiger partial charge on any atom is 0.160 e. The number of para-hydroxylation sites is 4. The highest BCUT2D eigenvalue weighted by molar-refractivity contribution is 6.16. The van der Waals surface area contributed by atoms with E-state index in [1.807, 2.05) is 55.0 Å². The molecule has 0 N–H and O–H groups in total. The summed E-state index contributed by atoms with van der Waals surface area (Å²) in [5, 5.41) is 16.4. The van der Waals surface area contributed by atoms with Gasteiger partial charge in [-0.15, -0.1) is 0 Å². The van der Waals surface area contributed by atoms with E-state index in [1.54, 1.807) is 6.20 Å². The first-order valence-corrected chi connectivity index (χ1v) is 35.6. The van der Waals surface area contributed by atoms with Crippen LogP contribution in [0.1, 0.15) is 0 Å². The summed E-state index contributed by atoms with van der Waals surface area (Å²) in [4.78, 5) is 29.8. The molecule has 21 rings (SSSR count). The van der Waals surface area contributed by atoms with Crippen molar-refractivity contribution in [3.8, 4) is 112 Å². The van der Waals surface area contributed by atoms with Gasteiger partial charge in [0, 0.05) is 96.2 Å². The minimum absolute atomic E-state index is 0.655. The van der Waals surface area contributed by atoms with Crippen LogP contribution in [0.15, 0.2) is 373 Å². The normalized spacial score (nSPS) is 11.6. The van der Waals surface area contributed by atoms with Crippen molar-refractivity contribution in [2.75, 3.05) is 0 Å². The van der Waals surface area contributed by atoms with Gasteiger partial charge in [0.2, 0.25) is 0 Å². The van der Waals surface area contributed by atoms with Crippen molar-refractivity contribution in [1.29, 1.82) is 0 Å². The molecule has 8 nitrogen and oxygen atoms in total. The fourth-order valence-corrected chi connectivity index (χ4v) is 15.4. The van der Waals surface area contributed by atoms with E-state index in [0.29, 0.717) is 11.6 Å². The van der Waals surface area contributed by atoms with Crippen molar-refractivity contribution >= 4 is 97.7 Å². The SMILES string of the molecule is c1cc(-c2cc(-c3cc4ccccc4c4ccccc34)nc(-c3ccc(-c4cccc5c4oc4ccccc45)cc3)n2)cc(-c2cncc3ccccc23)c1.c1cncc(-c2ccc(-c3cc(-c4cccc5c4oc4ccccc45)nc(-c4ccc(-c5cc6ccccc6c6ccccc56)cc4)n3)cc2)c1. The van der Waals surface area contributed by atoms with Crippen LogP contribution < -0.4 is 0 Å². The molecule has 0 fully saturated rings. The zero-order valence-corrected chi connectivity index (χ0v) is 57.1. The highest BCUT2D eigenvalue weighted by atomic mass is 16.3. The molecule has 0 spiro atoms. The Labute approximate surface area is 609 Å². The second-order valence-corrected chi connectivity index (χ2v) is 26.8. The lowest BCUT2D eigenvalue weighted by Gasteiger charge is -2.14. The van der Waals surface area contributed by atoms with Crippen LogP contribution in [0.3, 0.4) is 0 Å². The van der Waals surface area contributed by atoms with Crippen molar-refractivity contribution in [1.82, 2.24) is 29.9 Å². The Morgan fingerprint density at radius 3 is 1.23 bits per heavy atom. The summed E-state index contributed by atoms with van der Waals surface area (Å²) in [6, 6.07) is 119. The topological polar surface area (TPSA) is 104 Å². The fraction of sp³-hybridized carbons (Fsp3) is 0. The summed E-state index contributed by atoms with van der Waals surface area (Å²) >= 11 is 0. The predicted molar refractivity (Wildman–Crippen MR) is 436 cm³/mol. The largest absolute Gasteiger partial charge is 0.455 e. The van der Waals surface area contributed by atoms with Gasteiger partial charge in [0.1, 0.15) is 22.3 Å². The molecule has 0 aliphatic heterocycles. The molecule has 106 heavy (non-hydrogen) atoms. The van der Waals surface area contributed by atoms with E-state index in [9.17, 15) is 0 Å². The molecule has 0 aliphatic rings. The Kier molecular flexibility index (Phi) is 15.0. The molecule has 0 radical (unpaired) electrons. The van der Waals surface area contributed by atoms with Crippen LogP contribution in [0.25, 0.3) is 210 Å². The molecule has 15 aromatic carbocycles. The second kappa shape index (κ2) is 25.9. The molecule has 0 unspecified atom stereocenters. The lowest BCUT2D eigenvalue weighted by molar-refractivity contribution is 0.669. The van der Waals surface area contributed by atoms with Crippen LogP contribution in [0.5, 0.6) is 0 Å². The monoisotopic (exact) mass is 1350 g/mol. The molecule has 0 bridgehead atoms. The first-order chi connectivity index (χ1) is 52.5. The van der Waals surface area contributed by atoms with E-state index in [0.717, 1.165) is 150 Å². The Morgan fingerprint density at radius 1 is 0.189 bits per heavy atom. The van der Waals surface area contributed by atoms with Gasteiger partial charge in [-0.2, -0.15) is 0 Å². The third-order valence-electron chi connectivity index (χ3n) is 20.6. The molecule has 0 amide bonds. The van der Waals surface area contributed by atoms with Gasteiger partial charge in [0.05, 0.1) is 22.8 Å². The Balaban J connectivity index is 0.000000141. The van der Waals surface area contributed by atoms with E-state index < -0.39 is 0 Å². The molecule has 0 aliphatic carbocycles. The maximum atomic E-state index is 6.46. The van der Waals surface area contributed by atoms with Crippen molar-refractivity contribution < 1.29 is 8.83 Å². The molecule has 0 atom stereocenters. The number of aromatic nitrogens is 6. The van der Waals surface area contributed by atoms with E-state index in [4.69, 9.17) is 28.8 Å². The molecular formula is C98H60N6O2. The number of nitrogens with zero attached hydrogens (tertiary/aromatic N) is 6. The number of rotatable bonds is 10. The molecule has 0 saturated heterocycles. The fourth-order valence-electron chi connectivity index (χ4n) is 15.4. The highest BCUT2D eigenvalue weighted by Gasteiger charge is 2.21. The molecule has 8 heteroatoms. The lowest BCUT2D eigenvalue weighted by atomic mass is 9.93. The van der Waals surface area contributed by atoms with Crippen LogP contribution in [-0.2, 0) is 0 Å². The zero-order valence-electron chi connectivity index (χ0n) is 57.1. The van der Waals surface area contributed by atoms with Crippen LogP contribution in [0, 0.1) is 0 Å². The van der Waals surface area contributed by atoms with Gasteiger partial charge >= 0.3 is 0 Å². The Morgan fingerprint density at radius 2 is 0.613 bits per heavy atom. The minimum Gasteiger partial charge on any atom is -0.455 e. The van der Waals surface area contributed by atoms with Crippen LogP contribution in [-0.4, -0.2) is 29.9 Å². The van der Waals surface area contributed by atoms with Crippen molar-refractivity contribution in [2.45, 2.75) is 0 Å². The first kappa shape index (κ1) is 61.5. The summed E-state index contributed by atoms with van der Waals surface area (Å²) in [6.07, 6.45) is 7.55. The smallest absolute Gasteiger partial charge is 0.160 e. The van der Waals surface area contributed by atoms with Crippen molar-refractivity contribution in [2.24, 2.45) is 0 Å². The third-order valence-corrected chi connectivity index (χ3v) is 20.6. The number of hydrogen-bond acceptors (Lipinski definition) is 8. The Bertz CT molecular complexity index is 7000. The third kappa shape index (κ3) is 11.0. The van der Waals surface area contributed by atoms with Gasteiger partial charge < -0.3 is 8.83 Å². The standard InChI is InChI=1S/C51H31N3O.C47H29N3O/c1-3-15-38-35(11-1)28-45(42-18-6-5-17-41(38)42)48-29-47(36-14-9-13-34(27-36)46-31-52-30-37-12-2-4-16-39(37)46)53-51(54-48)33-25-23-32(24-26-33)40-20-10-21-44-43-19-7-8-22-49(43)55-50(40)44;1-2-11-36-34(9-1)27-42(38-13-4-3-12-37(36)38)31-20-24-33(25-21-31)47-49-43(32-22-18-30(19-23-32)35-10-8-26-48-29-35)28-44(50-47)41-16-7-15-40-39-14-5-6-17-45(39)51-46(40)41/h1-31H;1-29H. The molecule has 6 heterocycles. The predicted octanol–water partition coefficient (Wildman–Crippen LogP) is 26.0. The van der Waals surface area contributed by atoms with E-state index >= 15 is 0 Å². The quantitative estimate of drug-likeness (QED) is 0.125. The summed E-state index contributed by atoms with van der Waals surface area (Å²) in [5.41, 5.74) is 21.5. The molecule has 6 aromatic heterocycles. The summed E-state index contributed by atoms with van der Waals surface area (Å²) in [5.74, 6) is 1.32. The van der Waals surface area contributed by atoms with E-state index in [-0.39, 0.29) is 0 Å². The van der Waals surface area contributed by atoms with E-state index in [1.165, 1.54) is 48.7 Å². The number of fused-ring (bicyclic) bond motifs is 13. The van der Waals surface area contributed by atoms with Crippen LogP contribution in [0.4, 0.5) is 0 Å². The maximum absolute atomic E-state index is 6.46. The second-order valence-electron chi connectivity index (χ2n) is 26.8. The Hall–Kier alpha value is -14.3. The van der Waals surface area contributed by atoms with Gasteiger partial charge in [0.25, 0.3) is 0 Å². The summed E-state index contributed by atoms with van der Waals surface area (Å²) in [6.45, 7) is 0. The molecule has 0 saturated carbocycles. The van der Waals surface area contributed by atoms with Gasteiger partial charge in [-0.1, -0.05) is 285 Å². The van der Waals surface area contributed by atoms with Crippen molar-refractivity contribution in [3.05, 3.63) is 365 Å². The molecular weight excluding hydrogens is 1290 g/mol. The van der Waals surface area contributed by atoms with Gasteiger partial charge in [-0.05, 0) is 136 Å². The first-order valence-electron chi connectivity index (χ1n) is 35.6. The zero-order chi connectivity index (χ0) is 70.0. The summed E-state index contributed by atoms with van der Waals surface area (Å²) in [7, 11) is 0.